The summed E-state index contributed by atoms with van der Waals surface area (Å²) in [7, 11) is 0. The number of hydrogen-bond donors (Lipinski definition) is 2. The number of benzene rings is 2. The molecule has 0 aliphatic heterocycles. The lowest BCUT2D eigenvalue weighted by Gasteiger charge is -2.05. The lowest BCUT2D eigenvalue weighted by atomic mass is 10.2. The molecule has 0 saturated heterocycles. The zero-order valence-corrected chi connectivity index (χ0v) is 15.7. The molecule has 3 rings (SSSR count). The zero-order valence-electron chi connectivity index (χ0n) is 14.1. The Labute approximate surface area is 167 Å². The number of anilines is 2. The maximum absolute atomic E-state index is 12.3. The molecule has 0 saturated carbocycles. The van der Waals surface area contributed by atoms with E-state index in [0.717, 1.165) is 11.3 Å². The third kappa shape index (κ3) is 4.67. The van der Waals surface area contributed by atoms with E-state index in [1.54, 1.807) is 36.4 Å². The summed E-state index contributed by atoms with van der Waals surface area (Å²) < 4.78 is 0. The Morgan fingerprint density at radius 1 is 1.04 bits per heavy atom. The Bertz CT molecular complexity index is 1020. The molecule has 2 aromatic carbocycles. The van der Waals surface area contributed by atoms with Gasteiger partial charge in [-0.25, -0.2) is 0 Å². The molecule has 0 radical (unpaired) electrons. The molecule has 1 aromatic heterocycles. The van der Waals surface area contributed by atoms with E-state index in [0.29, 0.717) is 21.8 Å². The first kappa shape index (κ1) is 19.4. The average molecular weight is 418 g/mol. The predicted molar refractivity (Wildman–Crippen MR) is 106 cm³/mol. The molecule has 0 bridgehead atoms. The standard InChI is InChI=1S/C17H12ClN5O4S/c18-9-14(24)19-12-5-1-10(2-6-12)15(25)20-17-22-21-16(28-17)11-3-7-13(8-4-11)23(26)27/h1-8H,9H2,(H,19,24)(H,20,22,25). The Balaban J connectivity index is 1.66. The molecule has 1 heterocycles. The van der Waals surface area contributed by atoms with Gasteiger partial charge in [-0.15, -0.1) is 21.8 Å². The van der Waals surface area contributed by atoms with Crippen LogP contribution in [0.5, 0.6) is 0 Å². The number of amides is 2. The smallest absolute Gasteiger partial charge is 0.269 e. The summed E-state index contributed by atoms with van der Waals surface area (Å²) in [6.45, 7) is 0. The summed E-state index contributed by atoms with van der Waals surface area (Å²) in [4.78, 5) is 33.8. The number of nitrogens with zero attached hydrogens (tertiary/aromatic N) is 3. The number of hydrogen-bond acceptors (Lipinski definition) is 7. The summed E-state index contributed by atoms with van der Waals surface area (Å²) in [5.41, 5.74) is 1.53. The first-order valence-corrected chi connectivity index (χ1v) is 9.17. The maximum atomic E-state index is 12.3. The van der Waals surface area contributed by atoms with E-state index in [9.17, 15) is 19.7 Å². The lowest BCUT2D eigenvalue weighted by Crippen LogP contribution is -2.14. The summed E-state index contributed by atoms with van der Waals surface area (Å²) in [6.07, 6.45) is 0. The first-order valence-electron chi connectivity index (χ1n) is 7.82. The topological polar surface area (TPSA) is 127 Å². The Morgan fingerprint density at radius 2 is 1.71 bits per heavy atom. The van der Waals surface area contributed by atoms with Crippen molar-refractivity contribution < 1.29 is 14.5 Å². The van der Waals surface area contributed by atoms with Crippen LogP contribution in [0.15, 0.2) is 48.5 Å². The zero-order chi connectivity index (χ0) is 20.1. The van der Waals surface area contributed by atoms with Crippen LogP contribution in [0.25, 0.3) is 10.6 Å². The third-order valence-electron chi connectivity index (χ3n) is 3.52. The quantitative estimate of drug-likeness (QED) is 0.358. The molecule has 3 aromatic rings. The van der Waals surface area contributed by atoms with Crippen LogP contribution in [-0.4, -0.2) is 32.8 Å². The second kappa shape index (κ2) is 8.55. The van der Waals surface area contributed by atoms with Gasteiger partial charge in [-0.1, -0.05) is 11.3 Å². The summed E-state index contributed by atoms with van der Waals surface area (Å²) >= 11 is 6.57. The molecular weight excluding hydrogens is 406 g/mol. The summed E-state index contributed by atoms with van der Waals surface area (Å²) in [6, 6.07) is 12.2. The van der Waals surface area contributed by atoms with Crippen molar-refractivity contribution in [3.8, 4) is 10.6 Å². The van der Waals surface area contributed by atoms with Crippen LogP contribution >= 0.6 is 22.9 Å². The SMILES string of the molecule is O=C(CCl)Nc1ccc(C(=O)Nc2nnc(-c3ccc([N+](=O)[O-])cc3)s2)cc1. The fourth-order valence-electron chi connectivity index (χ4n) is 2.18. The Kier molecular flexibility index (Phi) is 5.92. The van der Waals surface area contributed by atoms with Gasteiger partial charge >= 0.3 is 0 Å². The molecule has 0 fully saturated rings. The fourth-order valence-corrected chi connectivity index (χ4v) is 3.00. The van der Waals surface area contributed by atoms with E-state index >= 15 is 0 Å². The minimum Gasteiger partial charge on any atom is -0.325 e. The van der Waals surface area contributed by atoms with E-state index in [1.807, 2.05) is 0 Å². The van der Waals surface area contributed by atoms with Gasteiger partial charge in [-0.2, -0.15) is 0 Å². The number of nitrogens with one attached hydrogen (secondary N) is 2. The molecule has 0 unspecified atom stereocenters. The first-order chi connectivity index (χ1) is 13.5. The van der Waals surface area contributed by atoms with Crippen molar-refractivity contribution in [2.24, 2.45) is 0 Å². The molecule has 0 aliphatic rings. The van der Waals surface area contributed by atoms with Crippen molar-refractivity contribution in [1.82, 2.24) is 10.2 Å². The molecule has 28 heavy (non-hydrogen) atoms. The van der Waals surface area contributed by atoms with E-state index in [2.05, 4.69) is 20.8 Å². The van der Waals surface area contributed by atoms with Crippen molar-refractivity contribution in [2.45, 2.75) is 0 Å². The number of non-ortho nitro benzene ring substituents is 1. The van der Waals surface area contributed by atoms with Crippen LogP contribution in [0.1, 0.15) is 10.4 Å². The normalized spacial score (nSPS) is 10.3. The van der Waals surface area contributed by atoms with Crippen molar-refractivity contribution in [3.05, 3.63) is 64.2 Å². The van der Waals surface area contributed by atoms with Crippen LogP contribution in [0, 0.1) is 10.1 Å². The number of halogens is 1. The molecule has 0 atom stereocenters. The summed E-state index contributed by atoms with van der Waals surface area (Å²) in [5.74, 6) is -0.885. The third-order valence-corrected chi connectivity index (χ3v) is 4.65. The number of carbonyl (C=O) groups is 2. The highest BCUT2D eigenvalue weighted by Gasteiger charge is 2.13. The van der Waals surface area contributed by atoms with Gasteiger partial charge in [0.05, 0.1) is 4.92 Å². The van der Waals surface area contributed by atoms with Crippen LogP contribution in [0.4, 0.5) is 16.5 Å². The molecule has 142 valence electrons. The Hall–Kier alpha value is -3.37. The molecule has 2 N–H and O–H groups in total. The molecule has 2 amide bonds. The highest BCUT2D eigenvalue weighted by Crippen LogP contribution is 2.28. The molecular formula is C17H12ClN5O4S. The van der Waals surface area contributed by atoms with E-state index in [1.165, 1.54) is 12.1 Å². The van der Waals surface area contributed by atoms with Crippen molar-refractivity contribution >= 4 is 51.3 Å². The number of alkyl halides is 1. The number of nitro benzene ring substituents is 1. The van der Waals surface area contributed by atoms with Crippen LogP contribution in [-0.2, 0) is 4.79 Å². The fraction of sp³-hybridized carbons (Fsp3) is 0.0588. The van der Waals surface area contributed by atoms with Gasteiger partial charge in [-0.3, -0.25) is 25.0 Å². The van der Waals surface area contributed by atoms with Gasteiger partial charge in [0.1, 0.15) is 10.9 Å². The van der Waals surface area contributed by atoms with Crippen LogP contribution in [0.3, 0.4) is 0 Å². The van der Waals surface area contributed by atoms with Gasteiger partial charge in [0.2, 0.25) is 11.0 Å². The minimum atomic E-state index is -0.484. The molecule has 0 spiro atoms. The molecule has 11 heteroatoms. The monoisotopic (exact) mass is 417 g/mol. The van der Waals surface area contributed by atoms with Gasteiger partial charge in [0.15, 0.2) is 0 Å². The van der Waals surface area contributed by atoms with Crippen molar-refractivity contribution in [2.75, 3.05) is 16.5 Å². The average Bonchev–Trinajstić information content (AvgIpc) is 3.17. The van der Waals surface area contributed by atoms with Crippen molar-refractivity contribution in [3.63, 3.8) is 0 Å². The van der Waals surface area contributed by atoms with E-state index < -0.39 is 4.92 Å². The van der Waals surface area contributed by atoms with Gasteiger partial charge in [0.25, 0.3) is 11.6 Å². The second-order valence-electron chi connectivity index (χ2n) is 5.43. The predicted octanol–water partition coefficient (Wildman–Crippen LogP) is 3.54. The Morgan fingerprint density at radius 3 is 2.32 bits per heavy atom. The second-order valence-corrected chi connectivity index (χ2v) is 6.67. The number of nitro groups is 1. The summed E-state index contributed by atoms with van der Waals surface area (Å²) in [5, 5.41) is 24.6. The van der Waals surface area contributed by atoms with Crippen LogP contribution < -0.4 is 10.6 Å². The highest BCUT2D eigenvalue weighted by atomic mass is 35.5. The molecule has 9 nitrogen and oxygen atoms in total. The minimum absolute atomic E-state index is 0.0209. The van der Waals surface area contributed by atoms with Crippen LogP contribution in [0.2, 0.25) is 0 Å². The molecule has 0 aliphatic carbocycles. The number of rotatable bonds is 6. The largest absolute Gasteiger partial charge is 0.325 e. The van der Waals surface area contributed by atoms with E-state index in [-0.39, 0.29) is 28.5 Å². The number of carbonyl (C=O) groups excluding carboxylic acids is 2. The van der Waals surface area contributed by atoms with Gasteiger partial charge in [-0.05, 0) is 36.4 Å². The van der Waals surface area contributed by atoms with Gasteiger partial charge < -0.3 is 5.32 Å². The van der Waals surface area contributed by atoms with Crippen molar-refractivity contribution in [1.29, 1.82) is 0 Å². The maximum Gasteiger partial charge on any atom is 0.269 e. The highest BCUT2D eigenvalue weighted by molar-refractivity contribution is 7.18. The lowest BCUT2D eigenvalue weighted by molar-refractivity contribution is -0.384. The van der Waals surface area contributed by atoms with E-state index in [4.69, 9.17) is 11.6 Å². The van der Waals surface area contributed by atoms with Gasteiger partial charge in [0, 0.05) is 28.9 Å². The number of aromatic nitrogens is 2.